The van der Waals surface area contributed by atoms with E-state index in [4.69, 9.17) is 14.5 Å². The molecule has 4 nitrogen and oxygen atoms in total. The quantitative estimate of drug-likeness (QED) is 0.772. The third kappa shape index (κ3) is 1.48. The molecule has 2 atom stereocenters. The van der Waals surface area contributed by atoms with E-state index in [1.54, 1.807) is 6.21 Å². The molecule has 19 heavy (non-hydrogen) atoms. The van der Waals surface area contributed by atoms with Gasteiger partial charge in [-0.1, -0.05) is 60.7 Å². The molecule has 4 rings (SSSR count). The van der Waals surface area contributed by atoms with Crippen molar-refractivity contribution in [2.24, 2.45) is 4.99 Å². The molecule has 0 N–H and O–H groups in total. The summed E-state index contributed by atoms with van der Waals surface area (Å²) in [5, 5.41) is 0. The standard InChI is InChI=1S/C15H11NO3/c1-3-7-12(8-4-1)14-11-16-15(17-14,19-18-14)13-9-5-2-6-10-13/h1-11H. The molecule has 2 unspecified atom stereocenters. The molecule has 1 saturated heterocycles. The Morgan fingerprint density at radius 3 is 1.95 bits per heavy atom. The summed E-state index contributed by atoms with van der Waals surface area (Å²) in [6.07, 6.45) is 1.65. The highest BCUT2D eigenvalue weighted by atomic mass is 17.3. The predicted molar refractivity (Wildman–Crippen MR) is 68.0 cm³/mol. The van der Waals surface area contributed by atoms with Gasteiger partial charge in [-0.15, -0.1) is 0 Å². The van der Waals surface area contributed by atoms with Crippen molar-refractivity contribution in [1.29, 1.82) is 0 Å². The molecule has 2 bridgehead atoms. The third-order valence-electron chi connectivity index (χ3n) is 3.29. The molecule has 94 valence electrons. The Hall–Kier alpha value is -2.01. The zero-order valence-electron chi connectivity index (χ0n) is 10.0. The van der Waals surface area contributed by atoms with Crippen LogP contribution in [0.4, 0.5) is 0 Å². The fourth-order valence-electron chi connectivity index (χ4n) is 2.31. The number of aliphatic imine (C=N–C) groups is 1. The number of hydrogen-bond acceptors (Lipinski definition) is 4. The summed E-state index contributed by atoms with van der Waals surface area (Å²) in [5.74, 6) is -2.23. The molecular weight excluding hydrogens is 242 g/mol. The first-order valence-electron chi connectivity index (χ1n) is 6.08. The smallest absolute Gasteiger partial charge is 0.281 e. The molecule has 0 saturated carbocycles. The van der Waals surface area contributed by atoms with Gasteiger partial charge in [-0.05, 0) is 0 Å². The lowest BCUT2D eigenvalue weighted by molar-refractivity contribution is -0.350. The number of benzene rings is 2. The molecule has 0 aliphatic carbocycles. The maximum absolute atomic E-state index is 5.95. The lowest BCUT2D eigenvalue weighted by atomic mass is 10.1. The topological polar surface area (TPSA) is 40.0 Å². The lowest BCUT2D eigenvalue weighted by Gasteiger charge is -2.17. The van der Waals surface area contributed by atoms with Gasteiger partial charge in [0, 0.05) is 11.1 Å². The van der Waals surface area contributed by atoms with Crippen LogP contribution < -0.4 is 0 Å². The van der Waals surface area contributed by atoms with E-state index in [1.807, 2.05) is 60.7 Å². The summed E-state index contributed by atoms with van der Waals surface area (Å²) in [7, 11) is 0. The van der Waals surface area contributed by atoms with Crippen LogP contribution in [-0.4, -0.2) is 6.21 Å². The second-order valence-corrected chi connectivity index (χ2v) is 4.51. The van der Waals surface area contributed by atoms with Gasteiger partial charge in [0.25, 0.3) is 5.79 Å². The Labute approximate surface area is 110 Å². The normalized spacial score (nSPS) is 31.8. The van der Waals surface area contributed by atoms with E-state index in [0.717, 1.165) is 11.1 Å². The Bertz CT molecular complexity index is 573. The number of nitrogens with zero attached hydrogens (tertiary/aromatic N) is 1. The fraction of sp³-hybridized carbons (Fsp3) is 0.133. The minimum absolute atomic E-state index is 0.807. The highest BCUT2D eigenvalue weighted by molar-refractivity contribution is 5.72. The van der Waals surface area contributed by atoms with Gasteiger partial charge in [0.05, 0.1) is 6.21 Å². The molecule has 2 aliphatic rings. The number of rotatable bonds is 2. The van der Waals surface area contributed by atoms with Gasteiger partial charge in [0.2, 0.25) is 0 Å². The fourth-order valence-corrected chi connectivity index (χ4v) is 2.31. The maximum atomic E-state index is 5.95. The van der Waals surface area contributed by atoms with E-state index >= 15 is 0 Å². The van der Waals surface area contributed by atoms with Crippen LogP contribution in [0.25, 0.3) is 0 Å². The Morgan fingerprint density at radius 2 is 1.37 bits per heavy atom. The van der Waals surface area contributed by atoms with Gasteiger partial charge in [0.1, 0.15) is 0 Å². The van der Waals surface area contributed by atoms with Crippen molar-refractivity contribution in [2.75, 3.05) is 0 Å². The molecule has 2 aliphatic heterocycles. The van der Waals surface area contributed by atoms with E-state index < -0.39 is 11.7 Å². The SMILES string of the molecule is C1=NC2(c3ccccc3)OOC1(c1ccccc1)O2. The second kappa shape index (κ2) is 3.74. The van der Waals surface area contributed by atoms with E-state index in [9.17, 15) is 0 Å². The molecule has 0 radical (unpaired) electrons. The van der Waals surface area contributed by atoms with Gasteiger partial charge < -0.3 is 0 Å². The molecule has 0 amide bonds. The first kappa shape index (κ1) is 10.9. The van der Waals surface area contributed by atoms with Crippen LogP contribution in [0.15, 0.2) is 65.7 Å². The largest absolute Gasteiger partial charge is 0.329 e. The third-order valence-corrected chi connectivity index (χ3v) is 3.29. The summed E-state index contributed by atoms with van der Waals surface area (Å²) in [4.78, 5) is 15.1. The minimum atomic E-state index is -1.18. The molecular formula is C15H11NO3. The molecule has 2 aromatic rings. The van der Waals surface area contributed by atoms with E-state index in [-0.39, 0.29) is 0 Å². The monoisotopic (exact) mass is 253 g/mol. The summed E-state index contributed by atoms with van der Waals surface area (Å²) in [6.45, 7) is 0. The molecule has 4 heteroatoms. The summed E-state index contributed by atoms with van der Waals surface area (Å²) < 4.78 is 5.95. The molecule has 0 aromatic heterocycles. The first-order chi connectivity index (χ1) is 9.33. The Balaban J connectivity index is 1.75. The van der Waals surface area contributed by atoms with Crippen molar-refractivity contribution >= 4 is 6.21 Å². The Kier molecular flexibility index (Phi) is 2.14. The first-order valence-corrected chi connectivity index (χ1v) is 6.08. The van der Waals surface area contributed by atoms with Crippen molar-refractivity contribution in [3.8, 4) is 0 Å². The highest BCUT2D eigenvalue weighted by Crippen LogP contribution is 2.49. The van der Waals surface area contributed by atoms with Crippen LogP contribution in [0.2, 0.25) is 0 Å². The van der Waals surface area contributed by atoms with Crippen molar-refractivity contribution in [3.05, 3.63) is 71.8 Å². The average Bonchev–Trinajstić information content (AvgIpc) is 3.08. The lowest BCUT2D eigenvalue weighted by Crippen LogP contribution is -2.26. The maximum Gasteiger partial charge on any atom is 0.329 e. The van der Waals surface area contributed by atoms with E-state index in [1.165, 1.54) is 0 Å². The zero-order chi connectivity index (χ0) is 12.8. The van der Waals surface area contributed by atoms with Crippen molar-refractivity contribution in [2.45, 2.75) is 11.7 Å². The zero-order valence-corrected chi connectivity index (χ0v) is 10.0. The molecule has 2 heterocycles. The molecule has 2 aromatic carbocycles. The van der Waals surface area contributed by atoms with Crippen LogP contribution in [0, 0.1) is 0 Å². The van der Waals surface area contributed by atoms with Gasteiger partial charge in [-0.2, -0.15) is 9.78 Å². The van der Waals surface area contributed by atoms with Crippen molar-refractivity contribution in [3.63, 3.8) is 0 Å². The number of hydrogen-bond donors (Lipinski definition) is 0. The highest BCUT2D eigenvalue weighted by Gasteiger charge is 2.59. The van der Waals surface area contributed by atoms with Crippen LogP contribution in [0.1, 0.15) is 11.1 Å². The minimum Gasteiger partial charge on any atom is -0.281 e. The van der Waals surface area contributed by atoms with Gasteiger partial charge >= 0.3 is 5.91 Å². The number of ether oxygens (including phenoxy) is 1. The number of fused-ring (bicyclic) bond motifs is 2. The van der Waals surface area contributed by atoms with Crippen LogP contribution in [-0.2, 0) is 26.2 Å². The van der Waals surface area contributed by atoms with Crippen molar-refractivity contribution in [1.82, 2.24) is 0 Å². The van der Waals surface area contributed by atoms with Gasteiger partial charge in [-0.3, -0.25) is 4.74 Å². The van der Waals surface area contributed by atoms with E-state index in [2.05, 4.69) is 4.99 Å². The Morgan fingerprint density at radius 1 is 0.737 bits per heavy atom. The average molecular weight is 253 g/mol. The molecule has 1 fully saturated rings. The summed E-state index contributed by atoms with van der Waals surface area (Å²) in [5.41, 5.74) is 1.66. The van der Waals surface area contributed by atoms with Gasteiger partial charge in [-0.25, -0.2) is 4.99 Å². The van der Waals surface area contributed by atoms with E-state index in [0.29, 0.717) is 0 Å². The second-order valence-electron chi connectivity index (χ2n) is 4.51. The summed E-state index contributed by atoms with van der Waals surface area (Å²) >= 11 is 0. The van der Waals surface area contributed by atoms with Crippen LogP contribution in [0.5, 0.6) is 0 Å². The van der Waals surface area contributed by atoms with Crippen LogP contribution in [0.3, 0.4) is 0 Å². The van der Waals surface area contributed by atoms with Gasteiger partial charge in [0.15, 0.2) is 0 Å². The van der Waals surface area contributed by atoms with Crippen molar-refractivity contribution < 1.29 is 14.5 Å². The molecule has 0 spiro atoms. The predicted octanol–water partition coefficient (Wildman–Crippen LogP) is 2.71. The van der Waals surface area contributed by atoms with Crippen LogP contribution >= 0.6 is 0 Å². The summed E-state index contributed by atoms with van der Waals surface area (Å²) in [6, 6.07) is 19.2.